The maximum atomic E-state index is 6.26. The fraction of sp³-hybridized carbons (Fsp3) is 0.154. The smallest absolute Gasteiger partial charge is 0.196 e. The van der Waals surface area contributed by atoms with Gasteiger partial charge in [0.15, 0.2) is 17.2 Å². The van der Waals surface area contributed by atoms with E-state index in [0.717, 1.165) is 70.5 Å². The third-order valence-corrected chi connectivity index (χ3v) is 6.40. The first-order valence-electron chi connectivity index (χ1n) is 10.9. The van der Waals surface area contributed by atoms with Gasteiger partial charge in [0.2, 0.25) is 0 Å². The van der Waals surface area contributed by atoms with Crippen molar-refractivity contribution < 1.29 is 9.32 Å². The number of hydrogen-bond donors (Lipinski definition) is 1. The predicted octanol–water partition coefficient (Wildman–Crippen LogP) is 4.73. The maximum Gasteiger partial charge on any atom is 0.196 e. The lowest BCUT2D eigenvalue weighted by Crippen LogP contribution is -3.10. The molecule has 1 saturated heterocycles. The van der Waals surface area contributed by atoms with Gasteiger partial charge in [0.05, 0.1) is 26.2 Å². The van der Waals surface area contributed by atoms with Crippen LogP contribution in [-0.2, 0) is 0 Å². The van der Waals surface area contributed by atoms with Crippen LogP contribution in [0, 0.1) is 0 Å². The highest BCUT2D eigenvalue weighted by Crippen LogP contribution is 2.34. The van der Waals surface area contributed by atoms with E-state index >= 15 is 0 Å². The largest absolute Gasteiger partial charge is 0.450 e. The first-order chi connectivity index (χ1) is 15.8. The zero-order chi connectivity index (χ0) is 21.5. The van der Waals surface area contributed by atoms with Gasteiger partial charge >= 0.3 is 0 Å². The summed E-state index contributed by atoms with van der Waals surface area (Å²) in [4.78, 5) is 13.7. The highest BCUT2D eigenvalue weighted by atomic mass is 35.5. The van der Waals surface area contributed by atoms with Gasteiger partial charge in [-0.15, -0.1) is 0 Å². The minimum atomic E-state index is 0.729. The topological polar surface area (TPSA) is 46.6 Å². The molecule has 5 nitrogen and oxygen atoms in total. The van der Waals surface area contributed by atoms with Crippen LogP contribution in [-0.4, -0.2) is 36.1 Å². The molecule has 3 aromatic carbocycles. The number of benzene rings is 3. The fourth-order valence-electron chi connectivity index (χ4n) is 4.47. The number of aromatic nitrogens is 2. The SMILES string of the molecule is Clc1ccc([NH+]2CCN(c3nc(-c4ccccc4)nc4c3oc3ccccc34)CC2)cc1. The molecule has 3 heterocycles. The first kappa shape index (κ1) is 19.3. The Balaban J connectivity index is 1.40. The molecule has 158 valence electrons. The van der Waals surface area contributed by atoms with E-state index in [9.17, 15) is 0 Å². The number of fused-ring (bicyclic) bond motifs is 3. The van der Waals surface area contributed by atoms with Gasteiger partial charge < -0.3 is 9.32 Å². The second-order valence-electron chi connectivity index (χ2n) is 8.11. The van der Waals surface area contributed by atoms with Crippen LogP contribution in [0.4, 0.5) is 11.5 Å². The van der Waals surface area contributed by atoms with Gasteiger partial charge in [-0.3, -0.25) is 4.90 Å². The molecule has 2 aromatic heterocycles. The molecule has 1 aliphatic rings. The monoisotopic (exact) mass is 441 g/mol. The molecule has 0 bridgehead atoms. The number of nitrogens with zero attached hydrogens (tertiary/aromatic N) is 3. The summed E-state index contributed by atoms with van der Waals surface area (Å²) in [6, 6.07) is 26.4. The van der Waals surface area contributed by atoms with Crippen LogP contribution in [0.2, 0.25) is 5.02 Å². The average molecular weight is 442 g/mol. The Bertz CT molecular complexity index is 1390. The summed E-state index contributed by atoms with van der Waals surface area (Å²) >= 11 is 6.07. The standard InChI is InChI=1S/C26H21ClN4O/c27-19-10-12-20(13-11-19)30-14-16-31(17-15-30)26-24-23(21-8-4-5-9-22(21)32-24)28-25(29-26)18-6-2-1-3-7-18/h1-13H,14-17H2/p+1. The molecule has 1 N–H and O–H groups in total. The number of rotatable bonds is 3. The van der Waals surface area contributed by atoms with Crippen LogP contribution in [0.15, 0.2) is 83.3 Å². The summed E-state index contributed by atoms with van der Waals surface area (Å²) in [5.41, 5.74) is 4.76. The number of halogens is 1. The highest BCUT2D eigenvalue weighted by molar-refractivity contribution is 6.30. The summed E-state index contributed by atoms with van der Waals surface area (Å²) in [5, 5.41) is 1.79. The third-order valence-electron chi connectivity index (χ3n) is 6.15. The number of hydrogen-bond acceptors (Lipinski definition) is 4. The van der Waals surface area contributed by atoms with E-state index in [1.165, 1.54) is 10.6 Å². The summed E-state index contributed by atoms with van der Waals surface area (Å²) in [6.07, 6.45) is 0. The van der Waals surface area contributed by atoms with Crippen molar-refractivity contribution in [3.63, 3.8) is 0 Å². The van der Waals surface area contributed by atoms with Gasteiger partial charge in [0.1, 0.15) is 16.8 Å². The number of nitrogens with one attached hydrogen (secondary N) is 1. The Morgan fingerprint density at radius 3 is 2.31 bits per heavy atom. The quantitative estimate of drug-likeness (QED) is 0.439. The normalized spacial score (nSPS) is 15.0. The summed E-state index contributed by atoms with van der Waals surface area (Å²) < 4.78 is 6.26. The van der Waals surface area contributed by atoms with Crippen molar-refractivity contribution in [2.24, 2.45) is 0 Å². The molecule has 32 heavy (non-hydrogen) atoms. The molecule has 0 aliphatic carbocycles. The second kappa shape index (κ2) is 7.93. The highest BCUT2D eigenvalue weighted by Gasteiger charge is 2.27. The van der Waals surface area contributed by atoms with Crippen molar-refractivity contribution in [1.82, 2.24) is 9.97 Å². The molecule has 1 fully saturated rings. The van der Waals surface area contributed by atoms with Gasteiger partial charge in [-0.05, 0) is 24.3 Å². The van der Waals surface area contributed by atoms with Crippen molar-refractivity contribution in [1.29, 1.82) is 0 Å². The van der Waals surface area contributed by atoms with Crippen LogP contribution in [0.3, 0.4) is 0 Å². The Morgan fingerprint density at radius 2 is 1.53 bits per heavy atom. The molecule has 0 amide bonds. The van der Waals surface area contributed by atoms with E-state index in [0.29, 0.717) is 0 Å². The molecule has 6 rings (SSSR count). The number of quaternary nitrogens is 1. The fourth-order valence-corrected chi connectivity index (χ4v) is 4.60. The zero-order valence-corrected chi connectivity index (χ0v) is 18.2. The van der Waals surface area contributed by atoms with E-state index < -0.39 is 0 Å². The molecule has 0 saturated carbocycles. The van der Waals surface area contributed by atoms with Crippen LogP contribution < -0.4 is 9.80 Å². The molecular formula is C26H22ClN4O+. The Morgan fingerprint density at radius 1 is 0.812 bits per heavy atom. The minimum absolute atomic E-state index is 0.729. The van der Waals surface area contributed by atoms with E-state index in [-0.39, 0.29) is 0 Å². The van der Waals surface area contributed by atoms with Gasteiger partial charge in [0.25, 0.3) is 0 Å². The van der Waals surface area contributed by atoms with Gasteiger partial charge in [-0.25, -0.2) is 9.97 Å². The molecule has 0 unspecified atom stereocenters. The number of furan rings is 1. The van der Waals surface area contributed by atoms with Gasteiger partial charge in [-0.1, -0.05) is 54.1 Å². The van der Waals surface area contributed by atoms with Crippen molar-refractivity contribution in [2.45, 2.75) is 0 Å². The molecule has 0 radical (unpaired) electrons. The van der Waals surface area contributed by atoms with Crippen LogP contribution in [0.1, 0.15) is 0 Å². The van der Waals surface area contributed by atoms with Crippen LogP contribution >= 0.6 is 11.6 Å². The lowest BCUT2D eigenvalue weighted by Gasteiger charge is -2.32. The van der Waals surface area contributed by atoms with E-state index in [1.807, 2.05) is 48.5 Å². The molecule has 5 aromatic rings. The molecule has 1 aliphatic heterocycles. The van der Waals surface area contributed by atoms with Gasteiger partial charge in [0, 0.05) is 28.1 Å². The minimum Gasteiger partial charge on any atom is -0.450 e. The predicted molar refractivity (Wildman–Crippen MR) is 129 cm³/mol. The molecular weight excluding hydrogens is 420 g/mol. The van der Waals surface area contributed by atoms with E-state index in [2.05, 4.69) is 35.2 Å². The summed E-state index contributed by atoms with van der Waals surface area (Å²) in [7, 11) is 0. The summed E-state index contributed by atoms with van der Waals surface area (Å²) in [5.74, 6) is 1.60. The van der Waals surface area contributed by atoms with Crippen LogP contribution in [0.25, 0.3) is 33.5 Å². The van der Waals surface area contributed by atoms with Crippen LogP contribution in [0.5, 0.6) is 0 Å². The maximum absolute atomic E-state index is 6.26. The van der Waals surface area contributed by atoms with Gasteiger partial charge in [-0.2, -0.15) is 0 Å². The van der Waals surface area contributed by atoms with Crippen molar-refractivity contribution in [3.05, 3.63) is 83.9 Å². The Kier molecular flexibility index (Phi) is 4.78. The van der Waals surface area contributed by atoms with E-state index in [1.54, 1.807) is 0 Å². The molecule has 0 spiro atoms. The second-order valence-corrected chi connectivity index (χ2v) is 8.55. The average Bonchev–Trinajstić information content (AvgIpc) is 3.23. The van der Waals surface area contributed by atoms with Crippen molar-refractivity contribution in [3.8, 4) is 11.4 Å². The first-order valence-corrected chi connectivity index (χ1v) is 11.2. The van der Waals surface area contributed by atoms with E-state index in [4.69, 9.17) is 26.0 Å². The molecule has 0 atom stereocenters. The van der Waals surface area contributed by atoms with Crippen molar-refractivity contribution >= 4 is 45.2 Å². The van der Waals surface area contributed by atoms with Crippen molar-refractivity contribution in [2.75, 3.05) is 31.1 Å². The Labute approximate surface area is 190 Å². The Hall–Kier alpha value is -3.41. The number of piperazine rings is 1. The lowest BCUT2D eigenvalue weighted by atomic mass is 10.2. The molecule has 6 heteroatoms. The summed E-state index contributed by atoms with van der Waals surface area (Å²) in [6.45, 7) is 3.73. The number of anilines is 1. The third kappa shape index (κ3) is 3.40. The number of para-hydroxylation sites is 1. The lowest BCUT2D eigenvalue weighted by molar-refractivity contribution is -0.833. The zero-order valence-electron chi connectivity index (χ0n) is 17.5.